The summed E-state index contributed by atoms with van der Waals surface area (Å²) in [6.45, 7) is 0.666. The van der Waals surface area contributed by atoms with Crippen LogP contribution in [0.25, 0.3) is 5.52 Å². The fourth-order valence-electron chi connectivity index (χ4n) is 1.82. The van der Waals surface area contributed by atoms with Gasteiger partial charge in [0.05, 0.1) is 28.6 Å². The molecule has 0 aliphatic rings. The maximum absolute atomic E-state index is 6.06. The fourth-order valence-corrected chi connectivity index (χ4v) is 1.99. The third-order valence-electron chi connectivity index (χ3n) is 2.74. The zero-order valence-electron chi connectivity index (χ0n) is 9.55. The van der Waals surface area contributed by atoms with E-state index in [1.54, 1.807) is 18.5 Å². The quantitative estimate of drug-likeness (QED) is 0.785. The standard InChI is InChI=1S/C13H11ClN4/c14-11-4-5-15-9-12(11)16-7-10-8-17-18-6-2-1-3-13(10)18/h1-6,8-9,16H,7H2. The SMILES string of the molecule is Clc1ccncc1NCc1cnn2ccccc12. The highest BCUT2D eigenvalue weighted by atomic mass is 35.5. The van der Waals surface area contributed by atoms with Crippen LogP contribution in [0.5, 0.6) is 0 Å². The molecule has 0 bridgehead atoms. The molecule has 1 N–H and O–H groups in total. The first-order chi connectivity index (χ1) is 8.84. The molecule has 90 valence electrons. The number of hydrogen-bond donors (Lipinski definition) is 1. The predicted molar refractivity (Wildman–Crippen MR) is 71.8 cm³/mol. The molecule has 4 nitrogen and oxygen atoms in total. The molecule has 0 spiro atoms. The van der Waals surface area contributed by atoms with E-state index in [0.717, 1.165) is 16.8 Å². The van der Waals surface area contributed by atoms with Crippen molar-refractivity contribution in [1.29, 1.82) is 0 Å². The lowest BCUT2D eigenvalue weighted by molar-refractivity contribution is 0.961. The number of rotatable bonds is 3. The van der Waals surface area contributed by atoms with Crippen molar-refractivity contribution in [3.8, 4) is 0 Å². The summed E-state index contributed by atoms with van der Waals surface area (Å²) in [6, 6.07) is 7.75. The molecule has 0 radical (unpaired) electrons. The maximum Gasteiger partial charge on any atom is 0.0718 e. The third kappa shape index (κ3) is 2.02. The number of hydrogen-bond acceptors (Lipinski definition) is 3. The van der Waals surface area contributed by atoms with Crippen LogP contribution in [0.1, 0.15) is 5.56 Å². The van der Waals surface area contributed by atoms with Gasteiger partial charge < -0.3 is 5.32 Å². The summed E-state index contributed by atoms with van der Waals surface area (Å²) in [6.07, 6.45) is 7.17. The van der Waals surface area contributed by atoms with Crippen molar-refractivity contribution in [1.82, 2.24) is 14.6 Å². The second-order valence-corrected chi connectivity index (χ2v) is 4.32. The van der Waals surface area contributed by atoms with Crippen molar-refractivity contribution < 1.29 is 0 Å². The highest BCUT2D eigenvalue weighted by molar-refractivity contribution is 6.33. The topological polar surface area (TPSA) is 42.2 Å². The molecule has 3 heterocycles. The first-order valence-electron chi connectivity index (χ1n) is 5.59. The molecular weight excluding hydrogens is 248 g/mol. The van der Waals surface area contributed by atoms with E-state index in [4.69, 9.17) is 11.6 Å². The average molecular weight is 259 g/mol. The number of anilines is 1. The van der Waals surface area contributed by atoms with Gasteiger partial charge in [-0.15, -0.1) is 0 Å². The van der Waals surface area contributed by atoms with Gasteiger partial charge in [0.25, 0.3) is 0 Å². The zero-order chi connectivity index (χ0) is 12.4. The van der Waals surface area contributed by atoms with E-state index in [0.29, 0.717) is 11.6 Å². The normalized spacial score (nSPS) is 10.7. The van der Waals surface area contributed by atoms with Crippen molar-refractivity contribution >= 4 is 22.8 Å². The Morgan fingerprint density at radius 2 is 2.17 bits per heavy atom. The smallest absolute Gasteiger partial charge is 0.0718 e. The molecule has 5 heteroatoms. The predicted octanol–water partition coefficient (Wildman–Crippen LogP) is 2.99. The Kier molecular flexibility index (Phi) is 2.86. The Bertz CT molecular complexity index is 677. The van der Waals surface area contributed by atoms with Gasteiger partial charge in [-0.2, -0.15) is 5.10 Å². The van der Waals surface area contributed by atoms with Gasteiger partial charge >= 0.3 is 0 Å². The number of nitrogens with zero attached hydrogens (tertiary/aromatic N) is 3. The van der Waals surface area contributed by atoms with Crippen LogP contribution in [0.3, 0.4) is 0 Å². The Morgan fingerprint density at radius 3 is 3.06 bits per heavy atom. The first kappa shape index (κ1) is 11.0. The highest BCUT2D eigenvalue weighted by Crippen LogP contribution is 2.20. The van der Waals surface area contributed by atoms with Gasteiger partial charge in [-0.3, -0.25) is 4.98 Å². The Morgan fingerprint density at radius 1 is 1.22 bits per heavy atom. The van der Waals surface area contributed by atoms with Crippen LogP contribution < -0.4 is 5.32 Å². The number of pyridine rings is 2. The Hall–Kier alpha value is -2.07. The van der Waals surface area contributed by atoms with E-state index in [1.807, 2.05) is 35.1 Å². The molecule has 0 amide bonds. The number of fused-ring (bicyclic) bond motifs is 1. The van der Waals surface area contributed by atoms with E-state index in [9.17, 15) is 0 Å². The van der Waals surface area contributed by atoms with Crippen LogP contribution in [-0.4, -0.2) is 14.6 Å². The summed E-state index contributed by atoms with van der Waals surface area (Å²) >= 11 is 6.06. The summed E-state index contributed by atoms with van der Waals surface area (Å²) in [5.74, 6) is 0. The van der Waals surface area contributed by atoms with Gasteiger partial charge in [0.15, 0.2) is 0 Å². The molecule has 0 atom stereocenters. The van der Waals surface area contributed by atoms with Crippen molar-refractivity contribution in [2.45, 2.75) is 6.54 Å². The van der Waals surface area contributed by atoms with Crippen molar-refractivity contribution in [3.05, 3.63) is 59.6 Å². The molecule has 0 fully saturated rings. The van der Waals surface area contributed by atoms with E-state index in [-0.39, 0.29) is 0 Å². The number of nitrogens with one attached hydrogen (secondary N) is 1. The summed E-state index contributed by atoms with van der Waals surface area (Å²) in [5.41, 5.74) is 3.04. The van der Waals surface area contributed by atoms with Gasteiger partial charge in [-0.05, 0) is 18.2 Å². The van der Waals surface area contributed by atoms with E-state index in [2.05, 4.69) is 15.4 Å². The minimum absolute atomic E-state index is 0.666. The van der Waals surface area contributed by atoms with Crippen LogP contribution >= 0.6 is 11.6 Å². The molecular formula is C13H11ClN4. The van der Waals surface area contributed by atoms with E-state index in [1.165, 1.54) is 0 Å². The van der Waals surface area contributed by atoms with Crippen LogP contribution in [0.2, 0.25) is 5.02 Å². The van der Waals surface area contributed by atoms with E-state index >= 15 is 0 Å². The second-order valence-electron chi connectivity index (χ2n) is 3.91. The summed E-state index contributed by atoms with van der Waals surface area (Å²) < 4.78 is 1.85. The lowest BCUT2D eigenvalue weighted by Crippen LogP contribution is -2.00. The van der Waals surface area contributed by atoms with Gasteiger partial charge in [0.2, 0.25) is 0 Å². The molecule has 0 saturated carbocycles. The van der Waals surface area contributed by atoms with Crippen LogP contribution in [0, 0.1) is 0 Å². The zero-order valence-corrected chi connectivity index (χ0v) is 10.3. The van der Waals surface area contributed by atoms with E-state index < -0.39 is 0 Å². The van der Waals surface area contributed by atoms with Gasteiger partial charge in [-0.1, -0.05) is 17.7 Å². The molecule has 0 aliphatic heterocycles. The second kappa shape index (κ2) is 4.66. The Labute approximate surface area is 109 Å². The van der Waals surface area contributed by atoms with Crippen LogP contribution in [0.4, 0.5) is 5.69 Å². The highest BCUT2D eigenvalue weighted by Gasteiger charge is 2.04. The number of halogens is 1. The summed E-state index contributed by atoms with van der Waals surface area (Å²) in [7, 11) is 0. The number of aromatic nitrogens is 3. The molecule has 3 aromatic rings. The maximum atomic E-state index is 6.06. The summed E-state index contributed by atoms with van der Waals surface area (Å²) in [5, 5.41) is 8.21. The van der Waals surface area contributed by atoms with Gasteiger partial charge in [-0.25, -0.2) is 4.52 Å². The lowest BCUT2D eigenvalue weighted by Gasteiger charge is -2.06. The van der Waals surface area contributed by atoms with Gasteiger partial charge in [0.1, 0.15) is 0 Å². The van der Waals surface area contributed by atoms with Crippen LogP contribution in [0.15, 0.2) is 49.1 Å². The molecule has 3 aromatic heterocycles. The molecule has 0 aromatic carbocycles. The minimum atomic E-state index is 0.666. The third-order valence-corrected chi connectivity index (χ3v) is 3.07. The van der Waals surface area contributed by atoms with Crippen molar-refractivity contribution in [3.63, 3.8) is 0 Å². The molecule has 0 aliphatic carbocycles. The minimum Gasteiger partial charge on any atom is -0.378 e. The fraction of sp³-hybridized carbons (Fsp3) is 0.0769. The van der Waals surface area contributed by atoms with Crippen molar-refractivity contribution in [2.75, 3.05) is 5.32 Å². The average Bonchev–Trinajstić information content (AvgIpc) is 2.81. The monoisotopic (exact) mass is 258 g/mol. The molecule has 0 unspecified atom stereocenters. The Balaban J connectivity index is 1.83. The molecule has 0 saturated heterocycles. The van der Waals surface area contributed by atoms with Crippen LogP contribution in [-0.2, 0) is 6.54 Å². The van der Waals surface area contributed by atoms with Crippen molar-refractivity contribution in [2.24, 2.45) is 0 Å². The molecule has 18 heavy (non-hydrogen) atoms. The lowest BCUT2D eigenvalue weighted by atomic mass is 10.2. The largest absolute Gasteiger partial charge is 0.378 e. The first-order valence-corrected chi connectivity index (χ1v) is 5.97. The summed E-state index contributed by atoms with van der Waals surface area (Å²) in [4.78, 5) is 4.04. The molecule has 3 rings (SSSR count). The van der Waals surface area contributed by atoms with Gasteiger partial charge in [0, 0.05) is 24.5 Å².